The Labute approximate surface area is 169 Å². The third-order valence-electron chi connectivity index (χ3n) is 4.23. The Morgan fingerprint density at radius 3 is 2.55 bits per heavy atom. The molecule has 0 aliphatic carbocycles. The smallest absolute Gasteiger partial charge is 0.293 e. The molecule has 2 aromatic carbocycles. The number of anilines is 1. The summed E-state index contributed by atoms with van der Waals surface area (Å²) in [6, 6.07) is 11.8. The van der Waals surface area contributed by atoms with Gasteiger partial charge in [0.05, 0.1) is 18.6 Å². The monoisotopic (exact) mass is 399 g/mol. The summed E-state index contributed by atoms with van der Waals surface area (Å²) in [5.74, 6) is 0.412. The normalized spacial score (nSPS) is 10.3. The molecule has 1 N–H and O–H groups in total. The fourth-order valence-corrected chi connectivity index (χ4v) is 2.76. The van der Waals surface area contributed by atoms with Gasteiger partial charge >= 0.3 is 0 Å². The Hall–Kier alpha value is -3.39. The molecule has 0 spiro atoms. The third-order valence-corrected chi connectivity index (χ3v) is 4.23. The van der Waals surface area contributed by atoms with E-state index in [-0.39, 0.29) is 17.2 Å². The summed E-state index contributed by atoms with van der Waals surface area (Å²) >= 11 is 0. The lowest BCUT2D eigenvalue weighted by molar-refractivity contribution is -0.384. The molecule has 8 nitrogen and oxygen atoms in total. The van der Waals surface area contributed by atoms with E-state index in [4.69, 9.17) is 9.47 Å². The highest BCUT2D eigenvalue weighted by atomic mass is 16.6. The number of nitrogens with zero attached hydrogens (tertiary/aromatic N) is 2. The van der Waals surface area contributed by atoms with E-state index in [9.17, 15) is 14.9 Å². The van der Waals surface area contributed by atoms with Gasteiger partial charge < -0.3 is 19.7 Å². The molecular weight excluding hydrogens is 374 g/mol. The number of hydrogen-bond donors (Lipinski definition) is 1. The highest BCUT2D eigenvalue weighted by molar-refractivity contribution is 5.95. The number of nitro benzene ring substituents is 1. The van der Waals surface area contributed by atoms with Crippen LogP contribution in [-0.4, -0.2) is 49.6 Å². The van der Waals surface area contributed by atoms with E-state index < -0.39 is 4.92 Å². The molecule has 8 heteroatoms. The zero-order chi connectivity index (χ0) is 21.2. The molecule has 0 bridgehead atoms. The number of carbonyl (C=O) groups excluding carboxylic acids is 1. The van der Waals surface area contributed by atoms with Crippen LogP contribution in [0.4, 0.5) is 11.4 Å². The van der Waals surface area contributed by atoms with Gasteiger partial charge in [-0.2, -0.15) is 0 Å². The number of methoxy groups -OCH3 is 2. The van der Waals surface area contributed by atoms with Crippen LogP contribution in [0.2, 0.25) is 0 Å². The topological polar surface area (TPSA) is 93.9 Å². The van der Waals surface area contributed by atoms with Gasteiger partial charge in [-0.25, -0.2) is 0 Å². The number of nitro groups is 1. The molecule has 0 heterocycles. The van der Waals surface area contributed by atoms with Crippen LogP contribution in [0.15, 0.2) is 55.1 Å². The second-order valence-electron chi connectivity index (χ2n) is 6.23. The lowest BCUT2D eigenvalue weighted by atomic mass is 10.1. The van der Waals surface area contributed by atoms with Crippen LogP contribution >= 0.6 is 0 Å². The summed E-state index contributed by atoms with van der Waals surface area (Å²) in [5.41, 5.74) is 1.33. The van der Waals surface area contributed by atoms with Crippen molar-refractivity contribution in [2.75, 3.05) is 39.2 Å². The van der Waals surface area contributed by atoms with Crippen LogP contribution in [-0.2, 0) is 11.3 Å². The molecule has 2 aromatic rings. The van der Waals surface area contributed by atoms with E-state index >= 15 is 0 Å². The SMILES string of the molecule is C=CCN(Cc1ccc(OC)cc1)C(=O)c1ccc(NCCOC)c([N+](=O)[O-])c1. The molecule has 29 heavy (non-hydrogen) atoms. The number of carbonyl (C=O) groups is 1. The van der Waals surface area contributed by atoms with Crippen molar-refractivity contribution >= 4 is 17.3 Å². The molecule has 0 aliphatic rings. The summed E-state index contributed by atoms with van der Waals surface area (Å²) in [6.45, 7) is 5.19. The maximum atomic E-state index is 13.0. The van der Waals surface area contributed by atoms with Gasteiger partial charge in [-0.15, -0.1) is 6.58 Å². The second-order valence-corrected chi connectivity index (χ2v) is 6.23. The van der Waals surface area contributed by atoms with Gasteiger partial charge in [-0.1, -0.05) is 18.2 Å². The van der Waals surface area contributed by atoms with E-state index in [2.05, 4.69) is 11.9 Å². The van der Waals surface area contributed by atoms with Crippen molar-refractivity contribution in [3.8, 4) is 5.75 Å². The number of amides is 1. The minimum atomic E-state index is -0.507. The molecule has 1 amide bonds. The van der Waals surface area contributed by atoms with E-state index in [1.165, 1.54) is 6.07 Å². The van der Waals surface area contributed by atoms with Crippen molar-refractivity contribution in [3.63, 3.8) is 0 Å². The molecule has 154 valence electrons. The summed E-state index contributed by atoms with van der Waals surface area (Å²) in [6.07, 6.45) is 1.62. The van der Waals surface area contributed by atoms with Gasteiger partial charge in [-0.05, 0) is 29.8 Å². The fraction of sp³-hybridized carbons (Fsp3) is 0.286. The van der Waals surface area contributed by atoms with Crippen molar-refractivity contribution in [1.29, 1.82) is 0 Å². The molecule has 0 atom stereocenters. The van der Waals surface area contributed by atoms with Crippen molar-refractivity contribution in [1.82, 2.24) is 4.90 Å². The Morgan fingerprint density at radius 1 is 1.24 bits per heavy atom. The van der Waals surface area contributed by atoms with Gasteiger partial charge in [0.2, 0.25) is 0 Å². The van der Waals surface area contributed by atoms with Gasteiger partial charge in [0, 0.05) is 38.4 Å². The highest BCUT2D eigenvalue weighted by Gasteiger charge is 2.21. The first-order valence-corrected chi connectivity index (χ1v) is 9.04. The van der Waals surface area contributed by atoms with Crippen LogP contribution < -0.4 is 10.1 Å². The number of rotatable bonds is 11. The number of benzene rings is 2. The molecular formula is C21H25N3O5. The quantitative estimate of drug-likeness (QED) is 0.269. The number of nitrogens with one attached hydrogen (secondary N) is 1. The number of hydrogen-bond acceptors (Lipinski definition) is 6. The first kappa shape index (κ1) is 21.9. The highest BCUT2D eigenvalue weighted by Crippen LogP contribution is 2.26. The van der Waals surface area contributed by atoms with Crippen molar-refractivity contribution in [3.05, 3.63) is 76.4 Å². The fourth-order valence-electron chi connectivity index (χ4n) is 2.76. The largest absolute Gasteiger partial charge is 0.497 e. The maximum Gasteiger partial charge on any atom is 0.293 e. The molecule has 0 radical (unpaired) electrons. The molecule has 2 rings (SSSR count). The minimum Gasteiger partial charge on any atom is -0.497 e. The predicted molar refractivity (Wildman–Crippen MR) is 111 cm³/mol. The van der Waals surface area contributed by atoms with Gasteiger partial charge in [0.1, 0.15) is 11.4 Å². The van der Waals surface area contributed by atoms with Crippen LogP contribution in [0, 0.1) is 10.1 Å². The summed E-state index contributed by atoms with van der Waals surface area (Å²) in [5, 5.41) is 14.4. The second kappa shape index (κ2) is 10.8. The molecule has 0 unspecified atom stereocenters. The van der Waals surface area contributed by atoms with Crippen LogP contribution in [0.1, 0.15) is 15.9 Å². The van der Waals surface area contributed by atoms with Gasteiger partial charge in [-0.3, -0.25) is 14.9 Å². The zero-order valence-electron chi connectivity index (χ0n) is 16.6. The molecule has 0 aromatic heterocycles. The van der Waals surface area contributed by atoms with Crippen molar-refractivity contribution in [2.24, 2.45) is 0 Å². The van der Waals surface area contributed by atoms with Crippen molar-refractivity contribution < 1.29 is 19.2 Å². The molecule has 0 saturated heterocycles. The first-order chi connectivity index (χ1) is 14.0. The zero-order valence-corrected chi connectivity index (χ0v) is 16.6. The van der Waals surface area contributed by atoms with Crippen LogP contribution in [0.3, 0.4) is 0 Å². The lowest BCUT2D eigenvalue weighted by Crippen LogP contribution is -2.30. The van der Waals surface area contributed by atoms with Gasteiger partial charge in [0.15, 0.2) is 0 Å². The Morgan fingerprint density at radius 2 is 1.97 bits per heavy atom. The summed E-state index contributed by atoms with van der Waals surface area (Å²) < 4.78 is 10.1. The summed E-state index contributed by atoms with van der Waals surface area (Å²) in [7, 11) is 3.14. The average molecular weight is 399 g/mol. The maximum absolute atomic E-state index is 13.0. The summed E-state index contributed by atoms with van der Waals surface area (Å²) in [4.78, 5) is 25.5. The Kier molecular flexibility index (Phi) is 8.17. The van der Waals surface area contributed by atoms with E-state index in [0.717, 1.165) is 11.3 Å². The van der Waals surface area contributed by atoms with E-state index in [1.54, 1.807) is 37.3 Å². The molecule has 0 aliphatic heterocycles. The van der Waals surface area contributed by atoms with Gasteiger partial charge in [0.25, 0.3) is 11.6 Å². The molecule has 0 fully saturated rings. The number of ether oxygens (including phenoxy) is 2. The standard InChI is InChI=1S/C21H25N3O5/c1-4-12-23(15-16-5-8-18(29-3)9-6-16)21(25)17-7-10-19(22-11-13-28-2)20(14-17)24(26)27/h4-10,14,22H,1,11-13,15H2,2-3H3. The third kappa shape index (κ3) is 6.05. The first-order valence-electron chi connectivity index (χ1n) is 9.04. The Bertz CT molecular complexity index is 852. The van der Waals surface area contributed by atoms with Crippen molar-refractivity contribution in [2.45, 2.75) is 6.54 Å². The Balaban J connectivity index is 2.24. The molecule has 0 saturated carbocycles. The van der Waals surface area contributed by atoms with Crippen LogP contribution in [0.5, 0.6) is 5.75 Å². The minimum absolute atomic E-state index is 0.157. The van der Waals surface area contributed by atoms with Crippen LogP contribution in [0.25, 0.3) is 0 Å². The van der Waals surface area contributed by atoms with E-state index in [1.807, 2.05) is 24.3 Å². The van der Waals surface area contributed by atoms with E-state index in [0.29, 0.717) is 31.9 Å². The lowest BCUT2D eigenvalue weighted by Gasteiger charge is -2.21. The average Bonchev–Trinajstić information content (AvgIpc) is 2.73. The predicted octanol–water partition coefficient (Wildman–Crippen LogP) is 3.49.